The summed E-state index contributed by atoms with van der Waals surface area (Å²) in [5.74, 6) is -2.51. The highest BCUT2D eigenvalue weighted by Gasteiger charge is 2.04. The maximum Gasteiger partial charge on any atom is 0.328 e. The molecule has 0 aliphatic rings. The zero-order valence-corrected chi connectivity index (χ0v) is 15.1. The van der Waals surface area contributed by atoms with E-state index in [1.165, 1.54) is 22.3 Å². The van der Waals surface area contributed by atoms with Crippen LogP contribution in [0.4, 0.5) is 0 Å². The number of hydrogen-bond donors (Lipinski definition) is 2. The molecule has 0 bridgehead atoms. The number of aliphatic carboxylic acids is 2. The SMILES string of the molecule is C(=C(c1ccccc1)c1ccccc1)c1ccccc1.O=C(O)/C=C\C(=O)O. The molecular weight excluding hydrogens is 352 g/mol. The third-order valence-corrected chi connectivity index (χ3v) is 3.65. The lowest BCUT2D eigenvalue weighted by molar-refractivity contribution is -0.134. The van der Waals surface area contributed by atoms with E-state index in [-0.39, 0.29) is 0 Å². The minimum absolute atomic E-state index is 0.558. The number of rotatable bonds is 5. The van der Waals surface area contributed by atoms with Gasteiger partial charge in [-0.05, 0) is 28.3 Å². The summed E-state index contributed by atoms with van der Waals surface area (Å²) in [7, 11) is 0. The number of carbonyl (C=O) groups is 2. The normalized spacial score (nSPS) is 9.86. The van der Waals surface area contributed by atoms with Gasteiger partial charge in [-0.25, -0.2) is 9.59 Å². The molecule has 3 rings (SSSR count). The Balaban J connectivity index is 0.000000300. The van der Waals surface area contributed by atoms with Crippen LogP contribution in [0.2, 0.25) is 0 Å². The Morgan fingerprint density at radius 2 is 0.929 bits per heavy atom. The molecule has 0 radical (unpaired) electrons. The Bertz CT molecular complexity index is 886. The van der Waals surface area contributed by atoms with Gasteiger partial charge in [0.15, 0.2) is 0 Å². The van der Waals surface area contributed by atoms with Crippen LogP contribution in [-0.4, -0.2) is 22.2 Å². The molecule has 2 N–H and O–H groups in total. The van der Waals surface area contributed by atoms with E-state index >= 15 is 0 Å². The predicted octanol–water partition coefficient (Wildman–Crippen LogP) is 4.99. The van der Waals surface area contributed by atoms with Crippen LogP contribution >= 0.6 is 0 Å². The third kappa shape index (κ3) is 7.14. The average Bonchev–Trinajstić information content (AvgIpc) is 2.73. The van der Waals surface area contributed by atoms with Gasteiger partial charge in [0.1, 0.15) is 0 Å². The van der Waals surface area contributed by atoms with Crippen molar-refractivity contribution in [1.29, 1.82) is 0 Å². The fourth-order valence-electron chi connectivity index (χ4n) is 2.43. The van der Waals surface area contributed by atoms with E-state index < -0.39 is 11.9 Å². The van der Waals surface area contributed by atoms with Gasteiger partial charge in [-0.3, -0.25) is 0 Å². The first-order valence-corrected chi connectivity index (χ1v) is 8.58. The minimum Gasteiger partial charge on any atom is -0.478 e. The summed E-state index contributed by atoms with van der Waals surface area (Å²) in [6.07, 6.45) is 3.36. The molecule has 0 saturated heterocycles. The highest BCUT2D eigenvalue weighted by Crippen LogP contribution is 2.25. The van der Waals surface area contributed by atoms with E-state index in [0.717, 1.165) is 0 Å². The van der Waals surface area contributed by atoms with Crippen LogP contribution in [-0.2, 0) is 9.59 Å². The van der Waals surface area contributed by atoms with Crippen LogP contribution in [0, 0.1) is 0 Å². The lowest BCUT2D eigenvalue weighted by atomic mass is 9.96. The fourth-order valence-corrected chi connectivity index (χ4v) is 2.43. The largest absolute Gasteiger partial charge is 0.478 e. The first kappa shape index (κ1) is 20.4. The van der Waals surface area contributed by atoms with Crippen LogP contribution in [0.1, 0.15) is 16.7 Å². The summed E-state index contributed by atoms with van der Waals surface area (Å²) in [5, 5.41) is 15.6. The first-order valence-electron chi connectivity index (χ1n) is 8.58. The number of carboxylic acids is 2. The van der Waals surface area contributed by atoms with E-state index in [0.29, 0.717) is 12.2 Å². The van der Waals surface area contributed by atoms with Crippen LogP contribution in [0.5, 0.6) is 0 Å². The molecule has 0 unspecified atom stereocenters. The van der Waals surface area contributed by atoms with Crippen LogP contribution < -0.4 is 0 Å². The molecule has 0 amide bonds. The zero-order chi connectivity index (χ0) is 20.2. The predicted molar refractivity (Wildman–Crippen MR) is 111 cm³/mol. The molecule has 0 spiro atoms. The summed E-state index contributed by atoms with van der Waals surface area (Å²) < 4.78 is 0. The van der Waals surface area contributed by atoms with Crippen molar-refractivity contribution >= 4 is 23.6 Å². The number of benzene rings is 3. The molecule has 4 nitrogen and oxygen atoms in total. The van der Waals surface area contributed by atoms with Crippen molar-refractivity contribution in [2.24, 2.45) is 0 Å². The van der Waals surface area contributed by atoms with Gasteiger partial charge in [0.25, 0.3) is 0 Å². The van der Waals surface area contributed by atoms with Crippen molar-refractivity contribution in [3.8, 4) is 0 Å². The fraction of sp³-hybridized carbons (Fsp3) is 0. The molecule has 0 atom stereocenters. The summed E-state index contributed by atoms with van der Waals surface area (Å²) in [6, 6.07) is 31.5. The van der Waals surface area contributed by atoms with Gasteiger partial charge in [-0.1, -0.05) is 91.0 Å². The van der Waals surface area contributed by atoms with Crippen molar-refractivity contribution in [1.82, 2.24) is 0 Å². The van der Waals surface area contributed by atoms with Crippen LogP contribution in [0.15, 0.2) is 103 Å². The highest BCUT2D eigenvalue weighted by molar-refractivity contribution is 5.91. The van der Waals surface area contributed by atoms with Crippen molar-refractivity contribution in [2.45, 2.75) is 0 Å². The molecule has 0 aliphatic carbocycles. The van der Waals surface area contributed by atoms with Gasteiger partial charge in [-0.2, -0.15) is 0 Å². The van der Waals surface area contributed by atoms with Crippen molar-refractivity contribution in [2.75, 3.05) is 0 Å². The molecule has 4 heteroatoms. The van der Waals surface area contributed by atoms with E-state index in [9.17, 15) is 9.59 Å². The van der Waals surface area contributed by atoms with Gasteiger partial charge in [0.05, 0.1) is 0 Å². The van der Waals surface area contributed by atoms with E-state index in [2.05, 4.69) is 91.0 Å². The smallest absolute Gasteiger partial charge is 0.328 e. The summed E-state index contributed by atoms with van der Waals surface area (Å²) in [4.78, 5) is 19.1. The van der Waals surface area contributed by atoms with E-state index in [1.807, 2.05) is 6.07 Å². The lowest BCUT2D eigenvalue weighted by Crippen LogP contribution is -1.91. The molecule has 3 aromatic rings. The van der Waals surface area contributed by atoms with Gasteiger partial charge < -0.3 is 10.2 Å². The van der Waals surface area contributed by atoms with Gasteiger partial charge in [0, 0.05) is 12.2 Å². The molecule has 0 heterocycles. The molecule has 140 valence electrons. The zero-order valence-electron chi connectivity index (χ0n) is 15.1. The maximum atomic E-state index is 9.55. The number of hydrogen-bond acceptors (Lipinski definition) is 2. The summed E-state index contributed by atoms with van der Waals surface area (Å²) >= 11 is 0. The highest BCUT2D eigenvalue weighted by atomic mass is 16.4. The topological polar surface area (TPSA) is 74.6 Å². The average molecular weight is 372 g/mol. The Kier molecular flexibility index (Phi) is 7.96. The maximum absolute atomic E-state index is 9.55. The van der Waals surface area contributed by atoms with Crippen LogP contribution in [0.3, 0.4) is 0 Å². The summed E-state index contributed by atoms with van der Waals surface area (Å²) in [6.45, 7) is 0. The second-order valence-electron chi connectivity index (χ2n) is 5.71. The van der Waals surface area contributed by atoms with Gasteiger partial charge in [-0.15, -0.1) is 0 Å². The van der Waals surface area contributed by atoms with Gasteiger partial charge in [0.2, 0.25) is 0 Å². The van der Waals surface area contributed by atoms with Crippen LogP contribution in [0.25, 0.3) is 11.6 Å². The molecule has 0 saturated carbocycles. The van der Waals surface area contributed by atoms with Crippen molar-refractivity contribution < 1.29 is 19.8 Å². The van der Waals surface area contributed by atoms with E-state index in [4.69, 9.17) is 10.2 Å². The Hall–Kier alpha value is -3.92. The molecular formula is C24H20O4. The molecule has 0 aliphatic heterocycles. The molecule has 3 aromatic carbocycles. The monoisotopic (exact) mass is 372 g/mol. The minimum atomic E-state index is -1.26. The van der Waals surface area contributed by atoms with Crippen molar-refractivity contribution in [3.05, 3.63) is 120 Å². The molecule has 28 heavy (non-hydrogen) atoms. The standard InChI is InChI=1S/C20H16.C4H4O4/c1-4-10-17(11-5-1)16-20(18-12-6-2-7-13-18)19-14-8-3-9-15-19;5-3(6)1-2-4(7)8/h1-16H;1-2H,(H,5,6)(H,7,8)/b;2-1-. The second kappa shape index (κ2) is 10.9. The Labute approximate surface area is 163 Å². The number of carboxylic acid groups (broad SMARTS) is 2. The molecule has 0 fully saturated rings. The van der Waals surface area contributed by atoms with E-state index in [1.54, 1.807) is 0 Å². The van der Waals surface area contributed by atoms with Crippen molar-refractivity contribution in [3.63, 3.8) is 0 Å². The third-order valence-electron chi connectivity index (χ3n) is 3.65. The molecule has 0 aromatic heterocycles. The Morgan fingerprint density at radius 3 is 1.29 bits per heavy atom. The summed E-state index contributed by atoms with van der Waals surface area (Å²) in [5.41, 5.74) is 4.94. The quantitative estimate of drug-likeness (QED) is 0.489. The first-order chi connectivity index (χ1) is 13.6. The second-order valence-corrected chi connectivity index (χ2v) is 5.71. The Morgan fingerprint density at radius 1 is 0.571 bits per heavy atom. The lowest BCUT2D eigenvalue weighted by Gasteiger charge is -2.08. The van der Waals surface area contributed by atoms with Gasteiger partial charge >= 0.3 is 11.9 Å².